The SMILES string of the molecule is CC(C)(O)C(C)(C)O[B]c1cccc2oc3cccc(-c4cccc(-c5ccccc5)c4)c3c12. The molecule has 34 heavy (non-hydrogen) atoms. The Morgan fingerprint density at radius 3 is 2.03 bits per heavy atom. The minimum absolute atomic E-state index is 0.762. The van der Waals surface area contributed by atoms with Crippen molar-refractivity contribution in [1.82, 2.24) is 0 Å². The van der Waals surface area contributed by atoms with Crippen molar-refractivity contribution in [3.63, 3.8) is 0 Å². The van der Waals surface area contributed by atoms with Crippen molar-refractivity contribution in [2.24, 2.45) is 0 Å². The number of hydrogen-bond acceptors (Lipinski definition) is 3. The van der Waals surface area contributed by atoms with Crippen molar-refractivity contribution >= 4 is 34.9 Å². The third kappa shape index (κ3) is 4.04. The number of benzene rings is 4. The fourth-order valence-corrected chi connectivity index (χ4v) is 4.08. The molecule has 3 nitrogen and oxygen atoms in total. The van der Waals surface area contributed by atoms with Crippen LogP contribution in [0.15, 0.2) is 95.4 Å². The summed E-state index contributed by atoms with van der Waals surface area (Å²) in [6.45, 7) is 7.29. The Labute approximate surface area is 201 Å². The molecule has 1 N–H and O–H groups in total. The van der Waals surface area contributed by atoms with Crippen LogP contribution >= 0.6 is 0 Å². The summed E-state index contributed by atoms with van der Waals surface area (Å²) in [5, 5.41) is 12.6. The van der Waals surface area contributed by atoms with Gasteiger partial charge in [-0.25, -0.2) is 0 Å². The third-order valence-electron chi connectivity index (χ3n) is 6.79. The van der Waals surface area contributed by atoms with Gasteiger partial charge in [-0.15, -0.1) is 0 Å². The molecule has 169 valence electrons. The molecule has 0 atom stereocenters. The first-order valence-corrected chi connectivity index (χ1v) is 11.6. The highest BCUT2D eigenvalue weighted by Crippen LogP contribution is 2.37. The van der Waals surface area contributed by atoms with Gasteiger partial charge in [0.05, 0.1) is 11.2 Å². The summed E-state index contributed by atoms with van der Waals surface area (Å²) in [6.07, 6.45) is 0. The van der Waals surface area contributed by atoms with Gasteiger partial charge in [0, 0.05) is 10.8 Å². The average Bonchev–Trinajstić information content (AvgIpc) is 3.22. The second-order valence-corrected chi connectivity index (χ2v) is 9.75. The van der Waals surface area contributed by atoms with Crippen molar-refractivity contribution < 1.29 is 14.2 Å². The zero-order chi connectivity index (χ0) is 23.9. The lowest BCUT2D eigenvalue weighted by Gasteiger charge is -2.37. The van der Waals surface area contributed by atoms with Crippen molar-refractivity contribution in [2.45, 2.75) is 38.9 Å². The van der Waals surface area contributed by atoms with Crippen molar-refractivity contribution in [3.8, 4) is 22.3 Å². The maximum atomic E-state index is 10.5. The maximum absolute atomic E-state index is 10.5. The minimum atomic E-state index is -1.00. The monoisotopic (exact) mass is 447 g/mol. The van der Waals surface area contributed by atoms with E-state index in [0.29, 0.717) is 0 Å². The van der Waals surface area contributed by atoms with Crippen LogP contribution in [0.4, 0.5) is 0 Å². The molecular weight excluding hydrogens is 419 g/mol. The first kappa shape index (κ1) is 22.5. The molecule has 1 heterocycles. The first-order valence-electron chi connectivity index (χ1n) is 11.6. The fraction of sp³-hybridized carbons (Fsp3) is 0.200. The standard InChI is InChI=1S/C30H28BO3/c1-29(2,32)30(3,4)34-31-24-16-10-18-26-28(24)27-23(15-9-17-25(27)33-26)22-14-8-13-21(19-22)20-11-6-5-7-12-20/h5-19,32H,1-4H3. The number of hydrogen-bond donors (Lipinski definition) is 1. The lowest BCUT2D eigenvalue weighted by atomic mass is 9.80. The molecule has 0 unspecified atom stereocenters. The van der Waals surface area contributed by atoms with Crippen LogP contribution in [-0.2, 0) is 4.65 Å². The van der Waals surface area contributed by atoms with Crippen LogP contribution < -0.4 is 5.46 Å². The zero-order valence-corrected chi connectivity index (χ0v) is 20.0. The molecule has 4 aromatic carbocycles. The van der Waals surface area contributed by atoms with Gasteiger partial charge >= 0.3 is 7.48 Å². The summed E-state index contributed by atoms with van der Waals surface area (Å²) in [5.74, 6) is 0. The average molecular weight is 447 g/mol. The van der Waals surface area contributed by atoms with Gasteiger partial charge in [-0.3, -0.25) is 0 Å². The van der Waals surface area contributed by atoms with Crippen LogP contribution in [0, 0.1) is 0 Å². The number of aliphatic hydroxyl groups is 1. The minimum Gasteiger partial charge on any atom is -0.456 e. The molecule has 0 amide bonds. The molecule has 0 aliphatic heterocycles. The second-order valence-electron chi connectivity index (χ2n) is 9.75. The normalized spacial score (nSPS) is 12.4. The summed E-state index contributed by atoms with van der Waals surface area (Å²) in [4.78, 5) is 0. The highest BCUT2D eigenvalue weighted by molar-refractivity contribution is 6.53. The van der Waals surface area contributed by atoms with Crippen LogP contribution in [0.25, 0.3) is 44.2 Å². The summed E-state index contributed by atoms with van der Waals surface area (Å²) >= 11 is 0. The molecule has 0 spiro atoms. The van der Waals surface area contributed by atoms with Crippen molar-refractivity contribution in [3.05, 3.63) is 91.0 Å². The van der Waals surface area contributed by atoms with Crippen LogP contribution in [-0.4, -0.2) is 23.8 Å². The summed E-state index contributed by atoms with van der Waals surface area (Å²) < 4.78 is 12.4. The van der Waals surface area contributed by atoms with Crippen molar-refractivity contribution in [2.75, 3.05) is 0 Å². The molecule has 0 aliphatic rings. The van der Waals surface area contributed by atoms with Crippen LogP contribution in [0.2, 0.25) is 0 Å². The Hall–Kier alpha value is -3.34. The largest absolute Gasteiger partial charge is 0.456 e. The Balaban J connectivity index is 1.65. The summed E-state index contributed by atoms with van der Waals surface area (Å²) in [5.41, 5.74) is 5.38. The molecule has 5 aromatic rings. The molecule has 0 fully saturated rings. The molecule has 0 bridgehead atoms. The third-order valence-corrected chi connectivity index (χ3v) is 6.79. The second kappa shape index (κ2) is 8.46. The molecule has 0 saturated carbocycles. The van der Waals surface area contributed by atoms with E-state index in [9.17, 15) is 5.11 Å². The van der Waals surface area contributed by atoms with E-state index in [2.05, 4.69) is 54.6 Å². The van der Waals surface area contributed by atoms with Gasteiger partial charge in [0.25, 0.3) is 0 Å². The highest BCUT2D eigenvalue weighted by Gasteiger charge is 2.36. The van der Waals surface area contributed by atoms with E-state index in [0.717, 1.165) is 38.5 Å². The maximum Gasteiger partial charge on any atom is 0.331 e. The van der Waals surface area contributed by atoms with E-state index in [4.69, 9.17) is 9.07 Å². The first-order chi connectivity index (χ1) is 16.2. The zero-order valence-electron chi connectivity index (χ0n) is 20.0. The van der Waals surface area contributed by atoms with E-state index in [-0.39, 0.29) is 0 Å². The van der Waals surface area contributed by atoms with Gasteiger partial charge in [0.1, 0.15) is 11.2 Å². The van der Waals surface area contributed by atoms with Crippen molar-refractivity contribution in [1.29, 1.82) is 0 Å². The predicted octanol–water partition coefficient (Wildman–Crippen LogP) is 6.73. The Morgan fingerprint density at radius 2 is 1.29 bits per heavy atom. The lowest BCUT2D eigenvalue weighted by molar-refractivity contribution is -0.0893. The predicted molar refractivity (Wildman–Crippen MR) is 141 cm³/mol. The van der Waals surface area contributed by atoms with Crippen LogP contribution in [0.3, 0.4) is 0 Å². The van der Waals surface area contributed by atoms with E-state index >= 15 is 0 Å². The van der Waals surface area contributed by atoms with Gasteiger partial charge in [-0.05, 0) is 73.6 Å². The smallest absolute Gasteiger partial charge is 0.331 e. The molecule has 0 saturated heterocycles. The van der Waals surface area contributed by atoms with Crippen LogP contribution in [0.1, 0.15) is 27.7 Å². The molecule has 5 rings (SSSR count). The summed E-state index contributed by atoms with van der Waals surface area (Å²) in [7, 11) is 1.74. The van der Waals surface area contributed by atoms with Gasteiger partial charge < -0.3 is 14.2 Å². The van der Waals surface area contributed by atoms with E-state index < -0.39 is 11.2 Å². The quantitative estimate of drug-likeness (QED) is 0.294. The number of rotatable bonds is 6. The van der Waals surface area contributed by atoms with Crippen LogP contribution in [0.5, 0.6) is 0 Å². The fourth-order valence-electron chi connectivity index (χ4n) is 4.08. The molecular formula is C30H28BO3. The van der Waals surface area contributed by atoms with E-state index in [1.165, 1.54) is 11.1 Å². The Bertz CT molecular complexity index is 1460. The molecule has 0 aliphatic carbocycles. The van der Waals surface area contributed by atoms with Gasteiger partial charge in [0.15, 0.2) is 0 Å². The molecule has 1 aromatic heterocycles. The molecule has 1 radical (unpaired) electrons. The highest BCUT2D eigenvalue weighted by atomic mass is 16.5. The molecule has 4 heteroatoms. The Morgan fingerprint density at radius 1 is 0.676 bits per heavy atom. The Kier molecular flexibility index (Phi) is 5.59. The summed E-state index contributed by atoms with van der Waals surface area (Å²) in [6, 6.07) is 31.2. The number of fused-ring (bicyclic) bond motifs is 3. The lowest BCUT2D eigenvalue weighted by Crippen LogP contribution is -2.49. The van der Waals surface area contributed by atoms with Gasteiger partial charge in [-0.1, -0.05) is 72.8 Å². The van der Waals surface area contributed by atoms with Gasteiger partial charge in [-0.2, -0.15) is 0 Å². The van der Waals surface area contributed by atoms with E-state index in [1.54, 1.807) is 21.3 Å². The van der Waals surface area contributed by atoms with E-state index in [1.807, 2.05) is 50.2 Å². The van der Waals surface area contributed by atoms with Gasteiger partial charge in [0.2, 0.25) is 0 Å². The number of furan rings is 1. The topological polar surface area (TPSA) is 42.6 Å².